The molecule has 10 nitrogen and oxygen atoms in total. The standard InChI is InChI=1S/C22H28N6O4S/c1-9-16(21-27-17-10(2)23-6-5-15(17)33-21)20(28-22(24-9)25-11-3-4-11)26-13-7-12(14(30)8-29)18(31)19(13)32/h5-6,11-14,18-19,29-32H,3-4,7-8H2,1-2H3,(H2,24,25,26,28)/t12-,13-,14?,18-,19+/m1/s1. The van der Waals surface area contributed by atoms with E-state index in [1.165, 1.54) is 11.3 Å². The number of nitrogens with zero attached hydrogens (tertiary/aromatic N) is 4. The number of hydrogen-bond donors (Lipinski definition) is 6. The molecule has 0 aromatic carbocycles. The van der Waals surface area contributed by atoms with Crippen LogP contribution in [0.15, 0.2) is 12.3 Å². The van der Waals surface area contributed by atoms with Crippen molar-refractivity contribution < 1.29 is 20.4 Å². The van der Waals surface area contributed by atoms with Crippen molar-refractivity contribution in [2.75, 3.05) is 17.2 Å². The molecule has 33 heavy (non-hydrogen) atoms. The number of pyridine rings is 1. The Bertz CT molecular complexity index is 1170. The smallest absolute Gasteiger partial charge is 0.225 e. The topological polar surface area (TPSA) is 157 Å². The lowest BCUT2D eigenvalue weighted by Crippen LogP contribution is -2.37. The van der Waals surface area contributed by atoms with Crippen LogP contribution < -0.4 is 10.6 Å². The minimum absolute atomic E-state index is 0.279. The lowest BCUT2D eigenvalue weighted by Gasteiger charge is -2.21. The van der Waals surface area contributed by atoms with Crippen molar-refractivity contribution >= 4 is 33.3 Å². The summed E-state index contributed by atoms with van der Waals surface area (Å²) in [6.45, 7) is 3.34. The monoisotopic (exact) mass is 472 g/mol. The van der Waals surface area contributed by atoms with Crippen molar-refractivity contribution in [1.82, 2.24) is 19.9 Å². The Morgan fingerprint density at radius 3 is 2.58 bits per heavy atom. The number of aliphatic hydroxyl groups is 4. The van der Waals surface area contributed by atoms with E-state index < -0.39 is 36.9 Å². The molecule has 0 radical (unpaired) electrons. The lowest BCUT2D eigenvalue weighted by molar-refractivity contribution is -0.0368. The summed E-state index contributed by atoms with van der Waals surface area (Å²) in [6, 6.07) is 1.72. The molecule has 0 amide bonds. The third-order valence-electron chi connectivity index (χ3n) is 6.43. The highest BCUT2D eigenvalue weighted by molar-refractivity contribution is 7.21. The Morgan fingerprint density at radius 1 is 1.09 bits per heavy atom. The average molecular weight is 473 g/mol. The van der Waals surface area contributed by atoms with E-state index in [4.69, 9.17) is 9.97 Å². The summed E-state index contributed by atoms with van der Waals surface area (Å²) in [6.07, 6.45) is 0.794. The Labute approximate surface area is 194 Å². The number of hydrogen-bond acceptors (Lipinski definition) is 11. The molecular formula is C22H28N6O4S. The molecular weight excluding hydrogens is 444 g/mol. The van der Waals surface area contributed by atoms with Gasteiger partial charge in [0.15, 0.2) is 0 Å². The first-order valence-electron chi connectivity index (χ1n) is 11.1. The Hall–Kier alpha value is -2.44. The van der Waals surface area contributed by atoms with Gasteiger partial charge in [0.2, 0.25) is 5.95 Å². The molecule has 5 rings (SSSR count). The first-order chi connectivity index (χ1) is 15.9. The Balaban J connectivity index is 1.54. The summed E-state index contributed by atoms with van der Waals surface area (Å²) >= 11 is 1.52. The summed E-state index contributed by atoms with van der Waals surface area (Å²) in [5.74, 6) is 0.361. The fourth-order valence-corrected chi connectivity index (χ4v) is 5.51. The molecule has 3 aromatic heterocycles. The maximum Gasteiger partial charge on any atom is 0.225 e. The lowest BCUT2D eigenvalue weighted by atomic mass is 9.99. The van der Waals surface area contributed by atoms with E-state index >= 15 is 0 Å². The van der Waals surface area contributed by atoms with Gasteiger partial charge in [-0.2, -0.15) is 4.98 Å². The summed E-state index contributed by atoms with van der Waals surface area (Å²) in [5.41, 5.74) is 3.13. The molecule has 6 N–H and O–H groups in total. The number of aliphatic hydroxyl groups excluding tert-OH is 4. The number of rotatable bonds is 7. The molecule has 2 aliphatic rings. The van der Waals surface area contributed by atoms with Crippen molar-refractivity contribution in [2.24, 2.45) is 5.92 Å². The Morgan fingerprint density at radius 2 is 1.88 bits per heavy atom. The van der Waals surface area contributed by atoms with E-state index in [0.29, 0.717) is 17.8 Å². The van der Waals surface area contributed by atoms with Crippen molar-refractivity contribution in [1.29, 1.82) is 0 Å². The normalized spacial score (nSPS) is 26.0. The number of aryl methyl sites for hydroxylation is 2. The zero-order valence-electron chi connectivity index (χ0n) is 18.4. The molecule has 3 heterocycles. The molecule has 176 valence electrons. The minimum Gasteiger partial charge on any atom is -0.394 e. The molecule has 2 saturated carbocycles. The molecule has 0 saturated heterocycles. The van der Waals surface area contributed by atoms with Gasteiger partial charge >= 0.3 is 0 Å². The van der Waals surface area contributed by atoms with Crippen molar-refractivity contribution in [3.63, 3.8) is 0 Å². The molecule has 1 unspecified atom stereocenters. The van der Waals surface area contributed by atoms with Gasteiger partial charge in [0, 0.05) is 18.2 Å². The van der Waals surface area contributed by atoms with E-state index in [-0.39, 0.29) is 6.42 Å². The number of nitrogens with one attached hydrogen (secondary N) is 2. The van der Waals surface area contributed by atoms with Crippen LogP contribution in [0.3, 0.4) is 0 Å². The fraction of sp³-hybridized carbons (Fsp3) is 0.545. The maximum absolute atomic E-state index is 10.7. The van der Waals surface area contributed by atoms with Crippen LogP contribution in [0.1, 0.15) is 30.7 Å². The maximum atomic E-state index is 10.7. The molecule has 0 spiro atoms. The highest BCUT2D eigenvalue weighted by Crippen LogP contribution is 2.39. The van der Waals surface area contributed by atoms with E-state index in [1.807, 2.05) is 19.9 Å². The van der Waals surface area contributed by atoms with Gasteiger partial charge in [0.25, 0.3) is 0 Å². The second-order valence-electron chi connectivity index (χ2n) is 8.92. The van der Waals surface area contributed by atoms with Gasteiger partial charge in [-0.25, -0.2) is 9.97 Å². The van der Waals surface area contributed by atoms with Crippen LogP contribution in [0.4, 0.5) is 11.8 Å². The number of thiazole rings is 1. The van der Waals surface area contributed by atoms with Crippen LogP contribution in [0, 0.1) is 19.8 Å². The average Bonchev–Trinajstić information content (AvgIpc) is 3.42. The largest absolute Gasteiger partial charge is 0.394 e. The predicted molar refractivity (Wildman–Crippen MR) is 125 cm³/mol. The van der Waals surface area contributed by atoms with E-state index in [0.717, 1.165) is 45.0 Å². The van der Waals surface area contributed by atoms with E-state index in [9.17, 15) is 20.4 Å². The molecule has 2 aliphatic carbocycles. The summed E-state index contributed by atoms with van der Waals surface area (Å²) in [7, 11) is 0. The van der Waals surface area contributed by atoms with Gasteiger partial charge < -0.3 is 31.1 Å². The zero-order valence-corrected chi connectivity index (χ0v) is 19.2. The van der Waals surface area contributed by atoms with Gasteiger partial charge in [0.05, 0.1) is 46.5 Å². The number of fused-ring (bicyclic) bond motifs is 1. The third-order valence-corrected chi connectivity index (χ3v) is 7.47. The van der Waals surface area contributed by atoms with Crippen LogP contribution in [0.5, 0.6) is 0 Å². The highest BCUT2D eigenvalue weighted by Gasteiger charge is 2.45. The first-order valence-corrected chi connectivity index (χ1v) is 12.0. The van der Waals surface area contributed by atoms with E-state index in [1.54, 1.807) is 6.20 Å². The van der Waals surface area contributed by atoms with Gasteiger partial charge in [-0.3, -0.25) is 4.98 Å². The second kappa shape index (κ2) is 8.73. The predicted octanol–water partition coefficient (Wildman–Crippen LogP) is 1.21. The summed E-state index contributed by atoms with van der Waals surface area (Å²) in [5, 5.41) is 47.8. The first kappa shape index (κ1) is 22.4. The highest BCUT2D eigenvalue weighted by atomic mass is 32.1. The van der Waals surface area contributed by atoms with Gasteiger partial charge in [0.1, 0.15) is 22.4 Å². The van der Waals surface area contributed by atoms with Crippen molar-refractivity contribution in [3.8, 4) is 10.6 Å². The summed E-state index contributed by atoms with van der Waals surface area (Å²) < 4.78 is 1.01. The second-order valence-corrected chi connectivity index (χ2v) is 9.95. The van der Waals surface area contributed by atoms with Crippen LogP contribution in [-0.2, 0) is 0 Å². The molecule has 11 heteroatoms. The van der Waals surface area contributed by atoms with Crippen LogP contribution >= 0.6 is 11.3 Å². The van der Waals surface area contributed by atoms with Gasteiger partial charge in [-0.05, 0) is 39.2 Å². The number of aromatic nitrogens is 4. The molecule has 5 atom stereocenters. The Kier molecular flexibility index (Phi) is 5.91. The van der Waals surface area contributed by atoms with Crippen molar-refractivity contribution in [3.05, 3.63) is 23.7 Å². The van der Waals surface area contributed by atoms with Crippen LogP contribution in [0.25, 0.3) is 20.8 Å². The molecule has 0 aliphatic heterocycles. The van der Waals surface area contributed by atoms with Gasteiger partial charge in [-0.15, -0.1) is 11.3 Å². The van der Waals surface area contributed by atoms with Crippen LogP contribution in [-0.4, -0.2) is 77.4 Å². The third kappa shape index (κ3) is 4.26. The number of anilines is 2. The van der Waals surface area contributed by atoms with E-state index in [2.05, 4.69) is 20.6 Å². The van der Waals surface area contributed by atoms with Crippen LogP contribution in [0.2, 0.25) is 0 Å². The molecule has 2 fully saturated rings. The minimum atomic E-state index is -1.16. The van der Waals surface area contributed by atoms with Crippen molar-refractivity contribution in [2.45, 2.75) is 63.5 Å². The zero-order chi connectivity index (χ0) is 23.3. The summed E-state index contributed by atoms with van der Waals surface area (Å²) in [4.78, 5) is 18.5. The SMILES string of the molecule is Cc1nc(NC2CC2)nc(N[C@@H]2C[C@H](C(O)CO)[C@@H](O)[C@H]2O)c1-c1nc2c(C)nccc2s1. The molecule has 3 aromatic rings. The fourth-order valence-electron chi connectivity index (χ4n) is 4.40. The van der Waals surface area contributed by atoms with Gasteiger partial charge in [-0.1, -0.05) is 0 Å². The quantitative estimate of drug-likeness (QED) is 0.295. The molecule has 0 bridgehead atoms.